The summed E-state index contributed by atoms with van der Waals surface area (Å²) >= 11 is 2.72. The maximum atomic E-state index is 12.9. The van der Waals surface area contributed by atoms with Crippen LogP contribution in [-0.2, 0) is 33.7 Å². The summed E-state index contributed by atoms with van der Waals surface area (Å²) in [6.45, 7) is -0.386. The first-order valence-corrected chi connectivity index (χ1v) is 11.5. The maximum absolute atomic E-state index is 12.9. The lowest BCUT2D eigenvalue weighted by molar-refractivity contribution is -0.147. The Morgan fingerprint density at radius 2 is 2.06 bits per heavy atom. The topological polar surface area (TPSA) is 133 Å². The van der Waals surface area contributed by atoms with Crippen molar-refractivity contribution in [1.82, 2.24) is 9.55 Å². The number of ether oxygens (including phenoxy) is 1. The average Bonchev–Trinajstić information content (AvgIpc) is 3.36. The Balaban J connectivity index is 1.33. The van der Waals surface area contributed by atoms with Crippen LogP contribution in [0.15, 0.2) is 22.6 Å². The number of nitrogens with two attached hydrogens (primary N) is 1. The van der Waals surface area contributed by atoms with Crippen LogP contribution >= 0.6 is 22.7 Å². The predicted molar refractivity (Wildman–Crippen MR) is 118 cm³/mol. The predicted octanol–water partition coefficient (Wildman–Crippen LogP) is 2.07. The van der Waals surface area contributed by atoms with Gasteiger partial charge in [-0.15, -0.1) is 22.7 Å². The van der Waals surface area contributed by atoms with Gasteiger partial charge in [0.1, 0.15) is 9.83 Å². The van der Waals surface area contributed by atoms with E-state index >= 15 is 0 Å². The number of rotatable bonds is 7. The van der Waals surface area contributed by atoms with Gasteiger partial charge in [-0.05, 0) is 42.7 Å². The molecule has 1 aliphatic carbocycles. The van der Waals surface area contributed by atoms with Crippen LogP contribution in [-0.4, -0.2) is 33.9 Å². The third-order valence-corrected chi connectivity index (χ3v) is 7.08. The number of aryl methyl sites for hydroxylation is 3. The quantitative estimate of drug-likeness (QED) is 0.519. The van der Waals surface area contributed by atoms with Gasteiger partial charge in [-0.25, -0.2) is 4.98 Å². The normalized spacial score (nSPS) is 13.0. The van der Waals surface area contributed by atoms with Gasteiger partial charge in [0.2, 0.25) is 0 Å². The molecule has 1 aliphatic rings. The van der Waals surface area contributed by atoms with Crippen molar-refractivity contribution in [3.63, 3.8) is 0 Å². The van der Waals surface area contributed by atoms with Crippen molar-refractivity contribution in [1.29, 1.82) is 0 Å². The van der Waals surface area contributed by atoms with Crippen molar-refractivity contribution in [2.45, 2.75) is 38.6 Å². The molecule has 0 aromatic carbocycles. The number of hydrogen-bond donors (Lipinski definition) is 2. The number of amides is 2. The highest BCUT2D eigenvalue weighted by atomic mass is 32.1. The van der Waals surface area contributed by atoms with Gasteiger partial charge in [0.05, 0.1) is 23.7 Å². The molecule has 0 unspecified atom stereocenters. The molecule has 0 saturated heterocycles. The fourth-order valence-electron chi connectivity index (χ4n) is 3.53. The van der Waals surface area contributed by atoms with Gasteiger partial charge >= 0.3 is 5.97 Å². The molecule has 3 heterocycles. The zero-order chi connectivity index (χ0) is 22.0. The van der Waals surface area contributed by atoms with Crippen molar-refractivity contribution < 1.29 is 19.1 Å². The zero-order valence-corrected chi connectivity index (χ0v) is 18.1. The molecule has 0 spiro atoms. The van der Waals surface area contributed by atoms with Gasteiger partial charge in [0, 0.05) is 11.4 Å². The fourth-order valence-corrected chi connectivity index (χ4v) is 5.56. The number of aromatic nitrogens is 2. The lowest BCUT2D eigenvalue weighted by Crippen LogP contribution is -2.25. The van der Waals surface area contributed by atoms with E-state index in [1.54, 1.807) is 16.7 Å². The summed E-state index contributed by atoms with van der Waals surface area (Å²) in [5, 5.41) is 5.08. The van der Waals surface area contributed by atoms with Crippen molar-refractivity contribution in [2.24, 2.45) is 5.73 Å². The highest BCUT2D eigenvalue weighted by Gasteiger charge is 2.20. The first kappa shape index (κ1) is 21.2. The molecule has 2 amide bonds. The number of nitrogens with one attached hydrogen (secondary N) is 1. The Kier molecular flexibility index (Phi) is 6.14. The van der Waals surface area contributed by atoms with E-state index in [2.05, 4.69) is 10.3 Å². The van der Waals surface area contributed by atoms with Gasteiger partial charge in [-0.3, -0.25) is 23.7 Å². The highest BCUT2D eigenvalue weighted by molar-refractivity contribution is 7.18. The van der Waals surface area contributed by atoms with Crippen LogP contribution < -0.4 is 16.6 Å². The fraction of sp³-hybridized carbons (Fsp3) is 0.350. The molecule has 0 saturated carbocycles. The van der Waals surface area contributed by atoms with E-state index in [0.29, 0.717) is 10.4 Å². The van der Waals surface area contributed by atoms with E-state index in [1.807, 2.05) is 0 Å². The number of primary amides is 1. The lowest BCUT2D eigenvalue weighted by atomic mass is 9.97. The monoisotopic (exact) mass is 460 g/mol. The zero-order valence-electron chi connectivity index (χ0n) is 16.5. The number of hydrogen-bond acceptors (Lipinski definition) is 8. The molecule has 162 valence electrons. The standard InChI is InChI=1S/C20H20N4O5S2/c21-17(27)12-6-8-30-18(12)23-14(25)9-29-15(26)5-7-24-10-22-19-16(20(24)28)11-3-1-2-4-13(11)31-19/h6,8,10H,1-5,7,9H2,(H2,21,27)(H,23,25). The molecule has 3 N–H and O–H groups in total. The van der Waals surface area contributed by atoms with E-state index in [4.69, 9.17) is 10.5 Å². The second-order valence-corrected chi connectivity index (χ2v) is 9.12. The van der Waals surface area contributed by atoms with Crippen molar-refractivity contribution in [3.8, 4) is 0 Å². The third kappa shape index (κ3) is 4.52. The molecule has 31 heavy (non-hydrogen) atoms. The average molecular weight is 461 g/mol. The van der Waals surface area contributed by atoms with E-state index in [-0.39, 0.29) is 24.1 Å². The van der Waals surface area contributed by atoms with Crippen LogP contribution in [0.4, 0.5) is 5.00 Å². The molecule has 0 bridgehead atoms. The maximum Gasteiger partial charge on any atom is 0.308 e. The number of thiophene rings is 2. The Labute approximate surface area is 184 Å². The minimum atomic E-state index is -0.656. The van der Waals surface area contributed by atoms with Crippen molar-refractivity contribution in [2.75, 3.05) is 11.9 Å². The summed E-state index contributed by atoms with van der Waals surface area (Å²) in [4.78, 5) is 54.6. The number of carbonyl (C=O) groups excluding carboxylic acids is 3. The van der Waals surface area contributed by atoms with Crippen LogP contribution in [0.1, 0.15) is 40.1 Å². The second kappa shape index (κ2) is 8.98. The molecule has 11 heteroatoms. The number of carbonyl (C=O) groups is 3. The smallest absolute Gasteiger partial charge is 0.308 e. The van der Waals surface area contributed by atoms with Gasteiger partial charge < -0.3 is 15.8 Å². The lowest BCUT2D eigenvalue weighted by Gasteiger charge is -2.10. The van der Waals surface area contributed by atoms with E-state index in [0.717, 1.165) is 47.4 Å². The van der Waals surface area contributed by atoms with Crippen LogP contribution in [0.3, 0.4) is 0 Å². The Hall–Kier alpha value is -3.05. The molecule has 3 aromatic rings. The van der Waals surface area contributed by atoms with Gasteiger partial charge in [0.15, 0.2) is 6.61 Å². The molecule has 3 aromatic heterocycles. The van der Waals surface area contributed by atoms with Gasteiger partial charge in [0.25, 0.3) is 17.4 Å². The minimum absolute atomic E-state index is 0.0712. The second-order valence-electron chi connectivity index (χ2n) is 7.12. The van der Waals surface area contributed by atoms with E-state index in [9.17, 15) is 19.2 Å². The number of nitrogens with zero attached hydrogens (tertiary/aromatic N) is 2. The van der Waals surface area contributed by atoms with Crippen LogP contribution in [0.2, 0.25) is 0 Å². The SMILES string of the molecule is NC(=O)c1ccsc1NC(=O)COC(=O)CCn1cnc2sc3c(c2c1=O)CCCC3. The summed E-state index contributed by atoms with van der Waals surface area (Å²) in [5.74, 6) is -1.85. The number of esters is 1. The molecular weight excluding hydrogens is 440 g/mol. The molecule has 9 nitrogen and oxygen atoms in total. The van der Waals surface area contributed by atoms with Crippen molar-refractivity contribution >= 4 is 55.7 Å². The largest absolute Gasteiger partial charge is 0.456 e. The summed E-state index contributed by atoms with van der Waals surface area (Å²) in [7, 11) is 0. The Morgan fingerprint density at radius 3 is 2.87 bits per heavy atom. The summed E-state index contributed by atoms with van der Waals surface area (Å²) in [6.07, 6.45) is 5.44. The van der Waals surface area contributed by atoms with Gasteiger partial charge in [-0.1, -0.05) is 0 Å². The number of anilines is 1. The third-order valence-electron chi connectivity index (χ3n) is 5.05. The first-order chi connectivity index (χ1) is 14.9. The molecule has 0 aliphatic heterocycles. The van der Waals surface area contributed by atoms with Crippen LogP contribution in [0, 0.1) is 0 Å². The summed E-state index contributed by atoms with van der Waals surface area (Å²) in [6, 6.07) is 1.50. The summed E-state index contributed by atoms with van der Waals surface area (Å²) < 4.78 is 6.39. The van der Waals surface area contributed by atoms with Crippen LogP contribution in [0.5, 0.6) is 0 Å². The van der Waals surface area contributed by atoms with E-state index in [1.165, 1.54) is 21.8 Å². The minimum Gasteiger partial charge on any atom is -0.456 e. The molecule has 4 rings (SSSR count). The van der Waals surface area contributed by atoms with Crippen molar-refractivity contribution in [3.05, 3.63) is 44.1 Å². The summed E-state index contributed by atoms with van der Waals surface area (Å²) in [5.41, 5.74) is 6.38. The molecule has 0 atom stereocenters. The Bertz CT molecular complexity index is 1230. The molecule has 0 radical (unpaired) electrons. The van der Waals surface area contributed by atoms with Crippen LogP contribution in [0.25, 0.3) is 10.2 Å². The van der Waals surface area contributed by atoms with Gasteiger partial charge in [-0.2, -0.15) is 0 Å². The highest BCUT2D eigenvalue weighted by Crippen LogP contribution is 2.33. The molecule has 0 fully saturated rings. The Morgan fingerprint density at radius 1 is 1.26 bits per heavy atom. The molecular formula is C20H20N4O5S2. The van der Waals surface area contributed by atoms with E-state index < -0.39 is 24.4 Å². The first-order valence-electron chi connectivity index (χ1n) is 9.76. The number of fused-ring (bicyclic) bond motifs is 3.